The molecule has 2 aromatic carbocycles. The summed E-state index contributed by atoms with van der Waals surface area (Å²) in [5, 5.41) is 6.30. The van der Waals surface area contributed by atoms with Gasteiger partial charge >= 0.3 is 5.51 Å². The van der Waals surface area contributed by atoms with Crippen LogP contribution in [0.2, 0.25) is 0 Å². The third kappa shape index (κ3) is 6.93. The van der Waals surface area contributed by atoms with Crippen LogP contribution >= 0.6 is 11.8 Å². The first-order valence-corrected chi connectivity index (χ1v) is 10.1. The van der Waals surface area contributed by atoms with E-state index in [0.29, 0.717) is 29.7 Å². The lowest BCUT2D eigenvalue weighted by Crippen LogP contribution is -2.21. The third-order valence-electron chi connectivity index (χ3n) is 3.98. The van der Waals surface area contributed by atoms with E-state index in [4.69, 9.17) is 0 Å². The Balaban J connectivity index is 1.86. The molecule has 0 saturated heterocycles. The normalized spacial score (nSPS) is 11.5. The SMILES string of the molecule is CN(C)CCNc1nc(Nc2cccc(SC(F)(F)F)c2)cc(-c2ccccc2)n1. The molecule has 3 rings (SSSR count). The second-order valence-corrected chi connectivity index (χ2v) is 7.90. The van der Waals surface area contributed by atoms with Crippen LogP contribution in [0.4, 0.5) is 30.6 Å². The lowest BCUT2D eigenvalue weighted by atomic mass is 10.1. The Morgan fingerprint density at radius 3 is 2.43 bits per heavy atom. The monoisotopic (exact) mass is 433 g/mol. The van der Waals surface area contributed by atoms with Crippen molar-refractivity contribution in [1.29, 1.82) is 0 Å². The van der Waals surface area contributed by atoms with Gasteiger partial charge in [0.15, 0.2) is 0 Å². The first-order valence-electron chi connectivity index (χ1n) is 9.24. The molecule has 1 heterocycles. The van der Waals surface area contributed by atoms with Crippen molar-refractivity contribution >= 4 is 29.2 Å². The van der Waals surface area contributed by atoms with Crippen LogP contribution in [-0.4, -0.2) is 47.6 Å². The summed E-state index contributed by atoms with van der Waals surface area (Å²) in [5.41, 5.74) is -2.19. The fourth-order valence-electron chi connectivity index (χ4n) is 2.66. The second kappa shape index (κ2) is 9.82. The molecule has 1 aromatic heterocycles. The van der Waals surface area contributed by atoms with Gasteiger partial charge < -0.3 is 15.5 Å². The van der Waals surface area contributed by atoms with E-state index in [1.165, 1.54) is 12.1 Å². The summed E-state index contributed by atoms with van der Waals surface area (Å²) in [5.74, 6) is 0.937. The summed E-state index contributed by atoms with van der Waals surface area (Å²) in [6, 6.07) is 17.6. The Hall–Kier alpha value is -2.78. The molecule has 0 bridgehead atoms. The predicted octanol–water partition coefficient (Wildman–Crippen LogP) is 5.47. The number of likely N-dealkylation sites (N-methyl/N-ethyl adjacent to an activating group) is 1. The van der Waals surface area contributed by atoms with Crippen molar-refractivity contribution in [1.82, 2.24) is 14.9 Å². The quantitative estimate of drug-likeness (QED) is 0.459. The van der Waals surface area contributed by atoms with Crippen LogP contribution in [-0.2, 0) is 0 Å². The van der Waals surface area contributed by atoms with Crippen LogP contribution in [0.25, 0.3) is 11.3 Å². The fourth-order valence-corrected chi connectivity index (χ4v) is 3.26. The van der Waals surface area contributed by atoms with Crippen molar-refractivity contribution in [3.8, 4) is 11.3 Å². The average molecular weight is 434 g/mol. The second-order valence-electron chi connectivity index (χ2n) is 6.76. The van der Waals surface area contributed by atoms with Crippen LogP contribution in [0.15, 0.2) is 65.6 Å². The Kier molecular flexibility index (Phi) is 7.17. The van der Waals surface area contributed by atoms with Gasteiger partial charge in [0.05, 0.1) is 5.69 Å². The molecule has 0 saturated carbocycles. The van der Waals surface area contributed by atoms with Crippen LogP contribution in [0.5, 0.6) is 0 Å². The number of thioether (sulfide) groups is 1. The molecule has 0 spiro atoms. The molecule has 158 valence electrons. The molecule has 0 radical (unpaired) electrons. The molecule has 3 aromatic rings. The Labute approximate surface area is 177 Å². The molecule has 9 heteroatoms. The molecule has 0 amide bonds. The number of hydrogen-bond acceptors (Lipinski definition) is 6. The van der Waals surface area contributed by atoms with E-state index < -0.39 is 5.51 Å². The molecule has 0 aliphatic carbocycles. The number of aromatic nitrogens is 2. The number of hydrogen-bond donors (Lipinski definition) is 2. The van der Waals surface area contributed by atoms with Gasteiger partial charge in [-0.1, -0.05) is 36.4 Å². The van der Waals surface area contributed by atoms with Crippen LogP contribution in [0.3, 0.4) is 0 Å². The highest BCUT2D eigenvalue weighted by atomic mass is 32.2. The number of anilines is 3. The topological polar surface area (TPSA) is 53.1 Å². The van der Waals surface area contributed by atoms with Crippen molar-refractivity contribution in [2.24, 2.45) is 0 Å². The number of benzene rings is 2. The molecule has 0 atom stereocenters. The van der Waals surface area contributed by atoms with Crippen molar-refractivity contribution in [2.45, 2.75) is 10.4 Å². The number of alkyl halides is 3. The number of rotatable bonds is 8. The van der Waals surface area contributed by atoms with E-state index in [0.717, 1.165) is 12.1 Å². The molecular weight excluding hydrogens is 411 g/mol. The summed E-state index contributed by atoms with van der Waals surface area (Å²) in [6.07, 6.45) is 0. The Bertz CT molecular complexity index is 964. The van der Waals surface area contributed by atoms with E-state index in [-0.39, 0.29) is 16.7 Å². The van der Waals surface area contributed by atoms with Crippen molar-refractivity contribution in [3.05, 3.63) is 60.7 Å². The molecule has 0 unspecified atom stereocenters. The highest BCUT2D eigenvalue weighted by molar-refractivity contribution is 8.00. The summed E-state index contributed by atoms with van der Waals surface area (Å²) < 4.78 is 38.0. The van der Waals surface area contributed by atoms with Gasteiger partial charge in [-0.2, -0.15) is 18.2 Å². The third-order valence-corrected chi connectivity index (χ3v) is 4.70. The van der Waals surface area contributed by atoms with Crippen LogP contribution < -0.4 is 10.6 Å². The minimum absolute atomic E-state index is 0.106. The summed E-state index contributed by atoms with van der Waals surface area (Å²) in [6.45, 7) is 1.46. The van der Waals surface area contributed by atoms with Gasteiger partial charge in [0.25, 0.3) is 0 Å². The Morgan fingerprint density at radius 1 is 0.967 bits per heavy atom. The molecule has 0 aliphatic heterocycles. The highest BCUT2D eigenvalue weighted by Crippen LogP contribution is 2.37. The van der Waals surface area contributed by atoms with Crippen molar-refractivity contribution in [3.63, 3.8) is 0 Å². The lowest BCUT2D eigenvalue weighted by molar-refractivity contribution is -0.0328. The zero-order valence-corrected chi connectivity index (χ0v) is 17.4. The van der Waals surface area contributed by atoms with E-state index in [1.54, 1.807) is 18.2 Å². The van der Waals surface area contributed by atoms with Gasteiger partial charge in [0.2, 0.25) is 5.95 Å². The molecule has 0 aliphatic rings. The van der Waals surface area contributed by atoms with Gasteiger partial charge in [-0.05, 0) is 44.1 Å². The van der Waals surface area contributed by atoms with Gasteiger partial charge in [0, 0.05) is 35.3 Å². The predicted molar refractivity (Wildman–Crippen MR) is 116 cm³/mol. The fraction of sp³-hybridized carbons (Fsp3) is 0.238. The van der Waals surface area contributed by atoms with Crippen LogP contribution in [0.1, 0.15) is 0 Å². The number of halogens is 3. The maximum absolute atomic E-state index is 12.7. The Morgan fingerprint density at radius 2 is 1.73 bits per heavy atom. The van der Waals surface area contributed by atoms with Gasteiger partial charge in [0.1, 0.15) is 5.82 Å². The molecule has 0 fully saturated rings. The average Bonchev–Trinajstić information content (AvgIpc) is 2.67. The molecule has 30 heavy (non-hydrogen) atoms. The first kappa shape index (κ1) is 21.9. The zero-order valence-electron chi connectivity index (χ0n) is 16.6. The summed E-state index contributed by atoms with van der Waals surface area (Å²) in [4.78, 5) is 11.2. The van der Waals surface area contributed by atoms with Gasteiger partial charge in [-0.25, -0.2) is 4.98 Å². The van der Waals surface area contributed by atoms with Gasteiger partial charge in [-0.3, -0.25) is 0 Å². The standard InChI is InChI=1S/C21H22F3N5S/c1-29(2)12-11-25-20-27-18(15-7-4-3-5-8-15)14-19(28-20)26-16-9-6-10-17(13-16)30-21(22,23)24/h3-10,13-14H,11-12H2,1-2H3,(H2,25,26,27,28). The largest absolute Gasteiger partial charge is 0.446 e. The summed E-state index contributed by atoms with van der Waals surface area (Å²) in [7, 11) is 3.95. The van der Waals surface area contributed by atoms with E-state index in [9.17, 15) is 13.2 Å². The number of nitrogens with one attached hydrogen (secondary N) is 2. The summed E-state index contributed by atoms with van der Waals surface area (Å²) >= 11 is -0.147. The van der Waals surface area contributed by atoms with E-state index in [1.807, 2.05) is 49.3 Å². The molecular formula is C21H22F3N5S. The number of nitrogens with zero attached hydrogens (tertiary/aromatic N) is 3. The minimum Gasteiger partial charge on any atom is -0.353 e. The van der Waals surface area contributed by atoms with Gasteiger partial charge in [-0.15, -0.1) is 0 Å². The molecule has 5 nitrogen and oxygen atoms in total. The smallest absolute Gasteiger partial charge is 0.353 e. The molecule has 2 N–H and O–H groups in total. The van der Waals surface area contributed by atoms with E-state index in [2.05, 4.69) is 20.6 Å². The zero-order chi connectivity index (χ0) is 21.6. The first-order chi connectivity index (χ1) is 14.3. The minimum atomic E-state index is -4.34. The van der Waals surface area contributed by atoms with Crippen molar-refractivity contribution in [2.75, 3.05) is 37.8 Å². The maximum Gasteiger partial charge on any atom is 0.446 e. The highest BCUT2D eigenvalue weighted by Gasteiger charge is 2.29. The lowest BCUT2D eigenvalue weighted by Gasteiger charge is -2.14. The van der Waals surface area contributed by atoms with Crippen molar-refractivity contribution < 1.29 is 13.2 Å². The van der Waals surface area contributed by atoms with E-state index >= 15 is 0 Å². The van der Waals surface area contributed by atoms with Crippen LogP contribution in [0, 0.1) is 0 Å². The maximum atomic E-state index is 12.7.